The Bertz CT molecular complexity index is 197. The first-order chi connectivity index (χ1) is 7.06. The molecule has 1 rings (SSSR count). The zero-order chi connectivity index (χ0) is 11.3. The molecule has 0 aromatic carbocycles. The standard InChI is InChI=1S/C13H25NO/c1-5-13(4,10-14-11(2)3)9-12-7-6-8-15-12/h5,11-12,14H,1,6-10H2,2-4H3. The molecule has 88 valence electrons. The maximum absolute atomic E-state index is 5.68. The molecule has 0 aromatic rings. The Morgan fingerprint density at radius 3 is 2.80 bits per heavy atom. The molecule has 0 aliphatic carbocycles. The van der Waals surface area contributed by atoms with E-state index in [4.69, 9.17) is 4.74 Å². The van der Waals surface area contributed by atoms with E-state index in [0.29, 0.717) is 12.1 Å². The highest BCUT2D eigenvalue weighted by Crippen LogP contribution is 2.29. The fourth-order valence-corrected chi connectivity index (χ4v) is 1.99. The first kappa shape index (κ1) is 12.7. The van der Waals surface area contributed by atoms with Crippen molar-refractivity contribution in [2.45, 2.75) is 52.2 Å². The molecule has 1 fully saturated rings. The van der Waals surface area contributed by atoms with Crippen LogP contribution in [-0.2, 0) is 4.74 Å². The summed E-state index contributed by atoms with van der Waals surface area (Å²) in [4.78, 5) is 0. The third-order valence-corrected chi connectivity index (χ3v) is 3.12. The minimum atomic E-state index is 0.166. The summed E-state index contributed by atoms with van der Waals surface area (Å²) in [6, 6.07) is 0.536. The maximum atomic E-state index is 5.68. The monoisotopic (exact) mass is 211 g/mol. The van der Waals surface area contributed by atoms with Crippen molar-refractivity contribution in [3.63, 3.8) is 0 Å². The molecule has 15 heavy (non-hydrogen) atoms. The van der Waals surface area contributed by atoms with E-state index in [1.54, 1.807) is 0 Å². The summed E-state index contributed by atoms with van der Waals surface area (Å²) in [6.45, 7) is 12.5. The molecule has 0 radical (unpaired) electrons. The van der Waals surface area contributed by atoms with Gasteiger partial charge in [-0.05, 0) is 19.3 Å². The summed E-state index contributed by atoms with van der Waals surface area (Å²) in [5, 5.41) is 3.48. The van der Waals surface area contributed by atoms with Gasteiger partial charge in [0.05, 0.1) is 6.10 Å². The zero-order valence-electron chi connectivity index (χ0n) is 10.4. The molecule has 0 saturated carbocycles. The molecule has 0 spiro atoms. The summed E-state index contributed by atoms with van der Waals surface area (Å²) in [5.74, 6) is 0. The number of ether oxygens (including phenoxy) is 1. The van der Waals surface area contributed by atoms with Gasteiger partial charge in [-0.1, -0.05) is 26.8 Å². The molecule has 2 heteroatoms. The molecule has 1 saturated heterocycles. The second-order valence-corrected chi connectivity index (χ2v) is 5.23. The average Bonchev–Trinajstić information content (AvgIpc) is 2.67. The van der Waals surface area contributed by atoms with Crippen molar-refractivity contribution >= 4 is 0 Å². The van der Waals surface area contributed by atoms with E-state index in [9.17, 15) is 0 Å². The van der Waals surface area contributed by atoms with Gasteiger partial charge in [0.15, 0.2) is 0 Å². The first-order valence-corrected chi connectivity index (χ1v) is 6.04. The predicted octanol–water partition coefficient (Wildman–Crippen LogP) is 2.75. The highest BCUT2D eigenvalue weighted by atomic mass is 16.5. The summed E-state index contributed by atoms with van der Waals surface area (Å²) >= 11 is 0. The average molecular weight is 211 g/mol. The topological polar surface area (TPSA) is 21.3 Å². The number of hydrogen-bond donors (Lipinski definition) is 1. The van der Waals surface area contributed by atoms with E-state index in [2.05, 4.69) is 38.7 Å². The van der Waals surface area contributed by atoms with Crippen molar-refractivity contribution in [3.05, 3.63) is 12.7 Å². The molecule has 0 amide bonds. The lowest BCUT2D eigenvalue weighted by molar-refractivity contribution is 0.0779. The summed E-state index contributed by atoms with van der Waals surface area (Å²) in [6.07, 6.45) is 6.04. The van der Waals surface area contributed by atoms with Gasteiger partial charge in [0.1, 0.15) is 0 Å². The van der Waals surface area contributed by atoms with E-state index in [1.165, 1.54) is 12.8 Å². The van der Waals surface area contributed by atoms with Crippen LogP contribution in [-0.4, -0.2) is 25.3 Å². The van der Waals surface area contributed by atoms with Crippen molar-refractivity contribution in [1.82, 2.24) is 5.32 Å². The van der Waals surface area contributed by atoms with Gasteiger partial charge in [0, 0.05) is 24.6 Å². The van der Waals surface area contributed by atoms with Crippen LogP contribution in [0.4, 0.5) is 0 Å². The summed E-state index contributed by atoms with van der Waals surface area (Å²) < 4.78 is 5.68. The van der Waals surface area contributed by atoms with E-state index in [1.807, 2.05) is 0 Å². The van der Waals surface area contributed by atoms with Crippen LogP contribution in [0.15, 0.2) is 12.7 Å². The fourth-order valence-electron chi connectivity index (χ4n) is 1.99. The van der Waals surface area contributed by atoms with Gasteiger partial charge in [-0.15, -0.1) is 6.58 Å². The van der Waals surface area contributed by atoms with Gasteiger partial charge in [0.2, 0.25) is 0 Å². The van der Waals surface area contributed by atoms with Crippen LogP contribution in [0.25, 0.3) is 0 Å². The molecule has 0 bridgehead atoms. The third kappa shape index (κ3) is 4.35. The second kappa shape index (κ2) is 5.66. The highest BCUT2D eigenvalue weighted by molar-refractivity contribution is 4.95. The summed E-state index contributed by atoms with van der Waals surface area (Å²) in [7, 11) is 0. The number of hydrogen-bond acceptors (Lipinski definition) is 2. The number of rotatable bonds is 6. The Morgan fingerprint density at radius 2 is 2.33 bits per heavy atom. The quantitative estimate of drug-likeness (QED) is 0.682. The van der Waals surface area contributed by atoms with Crippen molar-refractivity contribution < 1.29 is 4.74 Å². The lowest BCUT2D eigenvalue weighted by Gasteiger charge is -2.29. The van der Waals surface area contributed by atoms with Crippen LogP contribution in [0.2, 0.25) is 0 Å². The van der Waals surface area contributed by atoms with Gasteiger partial charge in [-0.25, -0.2) is 0 Å². The second-order valence-electron chi connectivity index (χ2n) is 5.23. The molecule has 2 nitrogen and oxygen atoms in total. The lowest BCUT2D eigenvalue weighted by Crippen LogP contribution is -2.36. The van der Waals surface area contributed by atoms with E-state index < -0.39 is 0 Å². The summed E-state index contributed by atoms with van der Waals surface area (Å²) in [5.41, 5.74) is 0.166. The fraction of sp³-hybridized carbons (Fsp3) is 0.846. The highest BCUT2D eigenvalue weighted by Gasteiger charge is 2.27. The lowest BCUT2D eigenvalue weighted by atomic mass is 9.83. The van der Waals surface area contributed by atoms with Crippen LogP contribution < -0.4 is 5.32 Å². The van der Waals surface area contributed by atoms with Gasteiger partial charge in [-0.2, -0.15) is 0 Å². The molecule has 2 unspecified atom stereocenters. The van der Waals surface area contributed by atoms with Crippen LogP contribution >= 0.6 is 0 Å². The van der Waals surface area contributed by atoms with Gasteiger partial charge in [0.25, 0.3) is 0 Å². The van der Waals surface area contributed by atoms with Crippen LogP contribution in [0.5, 0.6) is 0 Å². The smallest absolute Gasteiger partial charge is 0.0584 e. The van der Waals surface area contributed by atoms with Crippen molar-refractivity contribution in [2.75, 3.05) is 13.2 Å². The maximum Gasteiger partial charge on any atom is 0.0584 e. The van der Waals surface area contributed by atoms with E-state index >= 15 is 0 Å². The van der Waals surface area contributed by atoms with Crippen molar-refractivity contribution in [3.8, 4) is 0 Å². The third-order valence-electron chi connectivity index (χ3n) is 3.12. The predicted molar refractivity (Wildman–Crippen MR) is 65.0 cm³/mol. The molecule has 1 N–H and O–H groups in total. The van der Waals surface area contributed by atoms with Crippen LogP contribution in [0.1, 0.15) is 40.0 Å². The van der Waals surface area contributed by atoms with Gasteiger partial charge < -0.3 is 10.1 Å². The molecule has 1 aliphatic heterocycles. The molecule has 1 aliphatic rings. The first-order valence-electron chi connectivity index (χ1n) is 6.04. The Kier molecular flexibility index (Phi) is 4.81. The van der Waals surface area contributed by atoms with E-state index in [-0.39, 0.29) is 5.41 Å². The van der Waals surface area contributed by atoms with Crippen LogP contribution in [0, 0.1) is 5.41 Å². The van der Waals surface area contributed by atoms with Gasteiger partial charge in [-0.3, -0.25) is 0 Å². The van der Waals surface area contributed by atoms with E-state index in [0.717, 1.165) is 19.6 Å². The molecular formula is C13H25NO. The van der Waals surface area contributed by atoms with Crippen LogP contribution in [0.3, 0.4) is 0 Å². The molecule has 2 atom stereocenters. The number of nitrogens with one attached hydrogen (secondary N) is 1. The van der Waals surface area contributed by atoms with Gasteiger partial charge >= 0.3 is 0 Å². The minimum absolute atomic E-state index is 0.166. The Balaban J connectivity index is 2.39. The Hall–Kier alpha value is -0.340. The Morgan fingerprint density at radius 1 is 1.60 bits per heavy atom. The SMILES string of the molecule is C=CC(C)(CNC(C)C)CC1CCCO1. The molecule has 1 heterocycles. The molecule has 0 aromatic heterocycles. The Labute approximate surface area is 94.1 Å². The zero-order valence-corrected chi connectivity index (χ0v) is 10.4. The minimum Gasteiger partial charge on any atom is -0.378 e. The van der Waals surface area contributed by atoms with Crippen molar-refractivity contribution in [1.29, 1.82) is 0 Å². The largest absolute Gasteiger partial charge is 0.378 e. The van der Waals surface area contributed by atoms with Crippen molar-refractivity contribution in [2.24, 2.45) is 5.41 Å². The molecular weight excluding hydrogens is 186 g/mol. The normalized spacial score (nSPS) is 25.5.